The van der Waals surface area contributed by atoms with Crippen molar-refractivity contribution in [2.24, 2.45) is 5.73 Å². The van der Waals surface area contributed by atoms with Gasteiger partial charge >= 0.3 is 0 Å². The van der Waals surface area contributed by atoms with E-state index in [1.807, 2.05) is 36.4 Å². The van der Waals surface area contributed by atoms with Crippen molar-refractivity contribution in [3.63, 3.8) is 0 Å². The maximum atomic E-state index is 6.22. The molecule has 0 saturated heterocycles. The van der Waals surface area contributed by atoms with Crippen LogP contribution < -0.4 is 5.73 Å². The molecule has 21 heavy (non-hydrogen) atoms. The van der Waals surface area contributed by atoms with E-state index in [1.165, 1.54) is 4.90 Å². The lowest BCUT2D eigenvalue weighted by molar-refractivity contribution is 0.516. The molecule has 1 heterocycles. The van der Waals surface area contributed by atoms with Crippen LogP contribution in [0.4, 0.5) is 0 Å². The number of hydrogen-bond acceptors (Lipinski definition) is 3. The summed E-state index contributed by atoms with van der Waals surface area (Å²) in [6.45, 7) is 0. The third kappa shape index (κ3) is 3.64. The lowest BCUT2D eigenvalue weighted by atomic mass is 10.2. The lowest BCUT2D eigenvalue weighted by Gasteiger charge is -2.08. The van der Waals surface area contributed by atoms with Crippen LogP contribution in [0.5, 0.6) is 0 Å². The summed E-state index contributed by atoms with van der Waals surface area (Å²) >= 11 is 11.2. The Balaban J connectivity index is 1.73. The van der Waals surface area contributed by atoms with Crippen LogP contribution in [0.2, 0.25) is 5.02 Å². The Morgan fingerprint density at radius 3 is 2.86 bits per heavy atom. The quantitative estimate of drug-likeness (QED) is 0.593. The maximum absolute atomic E-state index is 6.22. The highest BCUT2D eigenvalue weighted by Gasteiger charge is 2.13. The van der Waals surface area contributed by atoms with Gasteiger partial charge in [0.15, 0.2) is 0 Å². The topological polar surface area (TPSA) is 39.2 Å². The highest BCUT2D eigenvalue weighted by atomic mass is 79.9. The summed E-state index contributed by atoms with van der Waals surface area (Å²) in [5.74, 6) is 1.54. The Kier molecular flexibility index (Phi) is 4.60. The van der Waals surface area contributed by atoms with Gasteiger partial charge in [-0.25, -0.2) is 0 Å². The molecule has 0 bridgehead atoms. The van der Waals surface area contributed by atoms with Crippen LogP contribution in [0.1, 0.15) is 11.8 Å². The molecule has 2 N–H and O–H groups in total. The van der Waals surface area contributed by atoms with Gasteiger partial charge in [0.05, 0.1) is 6.04 Å². The van der Waals surface area contributed by atoms with E-state index in [2.05, 4.69) is 28.1 Å². The number of thioether (sulfide) groups is 1. The van der Waals surface area contributed by atoms with Crippen molar-refractivity contribution in [3.8, 4) is 0 Å². The Labute approximate surface area is 140 Å². The molecule has 5 heteroatoms. The van der Waals surface area contributed by atoms with Gasteiger partial charge in [0, 0.05) is 25.5 Å². The summed E-state index contributed by atoms with van der Waals surface area (Å²) in [6, 6.07) is 15.6. The average Bonchev–Trinajstić information content (AvgIpc) is 2.88. The molecular weight excluding hydrogens is 370 g/mol. The average molecular weight is 383 g/mol. The smallest absolute Gasteiger partial charge is 0.134 e. The van der Waals surface area contributed by atoms with E-state index in [0.717, 1.165) is 27.0 Å². The van der Waals surface area contributed by atoms with Gasteiger partial charge < -0.3 is 10.2 Å². The van der Waals surface area contributed by atoms with Gasteiger partial charge in [0.1, 0.15) is 11.3 Å². The number of halogens is 2. The summed E-state index contributed by atoms with van der Waals surface area (Å²) in [5, 5.41) is 1.69. The minimum atomic E-state index is -0.153. The highest BCUT2D eigenvalue weighted by molar-refractivity contribution is 9.10. The van der Waals surface area contributed by atoms with Crippen LogP contribution in [-0.2, 0) is 0 Å². The van der Waals surface area contributed by atoms with Crippen molar-refractivity contribution in [2.75, 3.05) is 5.75 Å². The van der Waals surface area contributed by atoms with E-state index in [1.54, 1.807) is 11.8 Å². The van der Waals surface area contributed by atoms with Crippen molar-refractivity contribution in [2.45, 2.75) is 10.9 Å². The van der Waals surface area contributed by atoms with Gasteiger partial charge in [-0.3, -0.25) is 0 Å². The Morgan fingerprint density at radius 2 is 2.05 bits per heavy atom. The largest absolute Gasteiger partial charge is 0.459 e. The first-order chi connectivity index (χ1) is 10.1. The van der Waals surface area contributed by atoms with Crippen LogP contribution in [-0.4, -0.2) is 5.75 Å². The summed E-state index contributed by atoms with van der Waals surface area (Å²) < 4.78 is 6.86. The predicted molar refractivity (Wildman–Crippen MR) is 93.0 cm³/mol. The van der Waals surface area contributed by atoms with Gasteiger partial charge in [-0.2, -0.15) is 0 Å². The van der Waals surface area contributed by atoms with Gasteiger partial charge in [-0.05, 0) is 42.5 Å². The fourth-order valence-electron chi connectivity index (χ4n) is 2.04. The molecular formula is C16H13BrClNOS. The molecule has 1 aromatic heterocycles. The van der Waals surface area contributed by atoms with E-state index in [0.29, 0.717) is 5.02 Å². The Morgan fingerprint density at radius 1 is 1.19 bits per heavy atom. The zero-order chi connectivity index (χ0) is 14.8. The third-order valence-corrected chi connectivity index (χ3v) is 4.93. The Bertz CT molecular complexity index is 774. The molecule has 1 atom stereocenters. The van der Waals surface area contributed by atoms with E-state index in [-0.39, 0.29) is 6.04 Å². The van der Waals surface area contributed by atoms with Crippen molar-refractivity contribution in [3.05, 3.63) is 63.8 Å². The number of hydrogen-bond donors (Lipinski definition) is 1. The zero-order valence-corrected chi connectivity index (χ0v) is 14.2. The molecule has 108 valence electrons. The molecule has 1 unspecified atom stereocenters. The maximum Gasteiger partial charge on any atom is 0.134 e. The third-order valence-electron chi connectivity index (χ3n) is 3.09. The molecule has 2 aromatic carbocycles. The van der Waals surface area contributed by atoms with Gasteiger partial charge in [0.2, 0.25) is 0 Å². The van der Waals surface area contributed by atoms with Gasteiger partial charge in [-0.15, -0.1) is 11.8 Å². The van der Waals surface area contributed by atoms with Crippen molar-refractivity contribution in [1.29, 1.82) is 0 Å². The van der Waals surface area contributed by atoms with Crippen LogP contribution in [0.15, 0.2) is 62.3 Å². The van der Waals surface area contributed by atoms with Crippen molar-refractivity contribution >= 4 is 50.3 Å². The standard InChI is InChI=1S/C16H13BrClNOS/c17-11-2-1-3-13(8-11)21-9-14(19)16-7-10-6-12(18)4-5-15(10)20-16/h1-8,14H,9,19H2. The molecule has 3 rings (SSSR count). The minimum absolute atomic E-state index is 0.153. The first-order valence-electron chi connectivity index (χ1n) is 6.45. The molecule has 0 spiro atoms. The Hall–Kier alpha value is -0.940. The summed E-state index contributed by atoms with van der Waals surface area (Å²) in [5.41, 5.74) is 7.04. The molecule has 0 amide bonds. The molecule has 0 saturated carbocycles. The van der Waals surface area contributed by atoms with Crippen LogP contribution in [0, 0.1) is 0 Å². The van der Waals surface area contributed by atoms with Gasteiger partial charge in [-0.1, -0.05) is 33.6 Å². The molecule has 0 fully saturated rings. The normalized spacial score (nSPS) is 12.7. The van der Waals surface area contributed by atoms with Crippen molar-refractivity contribution in [1.82, 2.24) is 0 Å². The fraction of sp³-hybridized carbons (Fsp3) is 0.125. The molecule has 0 aliphatic carbocycles. The fourth-order valence-corrected chi connectivity index (χ4v) is 3.70. The minimum Gasteiger partial charge on any atom is -0.459 e. The van der Waals surface area contributed by atoms with Crippen LogP contribution >= 0.6 is 39.3 Å². The highest BCUT2D eigenvalue weighted by Crippen LogP contribution is 2.29. The molecule has 0 radical (unpaired) electrons. The number of benzene rings is 2. The van der Waals surface area contributed by atoms with Crippen LogP contribution in [0.25, 0.3) is 11.0 Å². The van der Waals surface area contributed by atoms with Crippen molar-refractivity contribution < 1.29 is 4.42 Å². The summed E-state index contributed by atoms with van der Waals surface area (Å²) in [7, 11) is 0. The molecule has 2 nitrogen and oxygen atoms in total. The number of furan rings is 1. The SMILES string of the molecule is NC(CSc1cccc(Br)c1)c1cc2cc(Cl)ccc2o1. The summed E-state index contributed by atoms with van der Waals surface area (Å²) in [6.07, 6.45) is 0. The second-order valence-corrected chi connectivity index (χ2v) is 7.15. The zero-order valence-electron chi connectivity index (χ0n) is 11.1. The number of rotatable bonds is 4. The number of fused-ring (bicyclic) bond motifs is 1. The first-order valence-corrected chi connectivity index (χ1v) is 8.60. The van der Waals surface area contributed by atoms with E-state index in [9.17, 15) is 0 Å². The molecule has 3 aromatic rings. The van der Waals surface area contributed by atoms with Gasteiger partial charge in [0.25, 0.3) is 0 Å². The van der Waals surface area contributed by atoms with E-state index < -0.39 is 0 Å². The summed E-state index contributed by atoms with van der Waals surface area (Å²) in [4.78, 5) is 1.18. The molecule has 0 aliphatic heterocycles. The molecule has 0 aliphatic rings. The second-order valence-electron chi connectivity index (χ2n) is 4.71. The second kappa shape index (κ2) is 6.44. The van der Waals surface area contributed by atoms with E-state index in [4.69, 9.17) is 21.8 Å². The van der Waals surface area contributed by atoms with Crippen LogP contribution in [0.3, 0.4) is 0 Å². The van der Waals surface area contributed by atoms with E-state index >= 15 is 0 Å². The number of nitrogens with two attached hydrogens (primary N) is 1. The lowest BCUT2D eigenvalue weighted by Crippen LogP contribution is -2.11. The predicted octanol–water partition coefficient (Wildman–Crippen LogP) is 5.64. The monoisotopic (exact) mass is 381 g/mol. The first kappa shape index (κ1) is 15.0.